The van der Waals surface area contributed by atoms with Crippen LogP contribution < -0.4 is 16.4 Å². The molecule has 2 aliphatic carbocycles. The van der Waals surface area contributed by atoms with Crippen molar-refractivity contribution in [2.45, 2.75) is 77.3 Å². The average Bonchev–Trinajstić information content (AvgIpc) is 3.33. The molecule has 0 unspecified atom stereocenters. The van der Waals surface area contributed by atoms with Crippen LogP contribution in [-0.4, -0.2) is 30.2 Å². The van der Waals surface area contributed by atoms with Crippen LogP contribution in [0.1, 0.15) is 62.5 Å². The number of guanidine groups is 1. The fourth-order valence-corrected chi connectivity index (χ4v) is 3.65. The standard InChI is InChI=1S/C15H22N4O.C6H9NO/c1-10-6-5-7-11(2)13(10)18-14(16)19-15(20)17-12-8-3-4-9-12;8-5-7-6-3-1-2-4-6/h5-7,12H,3-4,8-9H2,1-2H3,(H4,16,17,18,19,20);6H,1-4H2. The van der Waals surface area contributed by atoms with Crippen LogP contribution >= 0.6 is 0 Å². The number of hydrogen-bond donors (Lipinski definition) is 3. The molecule has 0 aliphatic heterocycles. The summed E-state index contributed by atoms with van der Waals surface area (Å²) in [5.41, 5.74) is 8.67. The molecule has 2 fully saturated rings. The monoisotopic (exact) mass is 385 g/mol. The summed E-state index contributed by atoms with van der Waals surface area (Å²) in [6, 6.07) is 6.22. The van der Waals surface area contributed by atoms with Gasteiger partial charge in [-0.3, -0.25) is 5.32 Å². The third-order valence-electron chi connectivity index (χ3n) is 5.16. The highest BCUT2D eigenvalue weighted by molar-refractivity contribution is 5.96. The minimum Gasteiger partial charge on any atom is -0.369 e. The number of carbonyl (C=O) groups excluding carboxylic acids is 2. The molecular weight excluding hydrogens is 354 g/mol. The molecule has 4 N–H and O–H groups in total. The fourth-order valence-electron chi connectivity index (χ4n) is 3.65. The summed E-state index contributed by atoms with van der Waals surface area (Å²) in [4.78, 5) is 29.4. The van der Waals surface area contributed by atoms with Crippen LogP contribution in [-0.2, 0) is 4.79 Å². The van der Waals surface area contributed by atoms with Gasteiger partial charge in [-0.2, -0.15) is 0 Å². The van der Waals surface area contributed by atoms with Crippen LogP contribution in [0.4, 0.5) is 10.5 Å². The summed E-state index contributed by atoms with van der Waals surface area (Å²) in [6.45, 7) is 3.94. The molecular formula is C21H31N5O2. The van der Waals surface area contributed by atoms with E-state index in [1.54, 1.807) is 6.08 Å². The molecule has 0 bridgehead atoms. The lowest BCUT2D eigenvalue weighted by atomic mass is 10.1. The molecule has 1 aromatic carbocycles. The maximum Gasteiger partial charge on any atom is 0.321 e. The van der Waals surface area contributed by atoms with Crippen molar-refractivity contribution < 1.29 is 9.59 Å². The van der Waals surface area contributed by atoms with Crippen molar-refractivity contribution >= 4 is 23.8 Å². The summed E-state index contributed by atoms with van der Waals surface area (Å²) >= 11 is 0. The van der Waals surface area contributed by atoms with Crippen molar-refractivity contribution in [1.29, 1.82) is 0 Å². The first kappa shape index (κ1) is 21.6. The first-order valence-corrected chi connectivity index (χ1v) is 10.0. The van der Waals surface area contributed by atoms with E-state index in [1.807, 2.05) is 32.0 Å². The Balaban J connectivity index is 0.000000292. The van der Waals surface area contributed by atoms with Crippen molar-refractivity contribution in [3.05, 3.63) is 29.3 Å². The largest absolute Gasteiger partial charge is 0.369 e. The molecule has 1 aromatic rings. The van der Waals surface area contributed by atoms with Gasteiger partial charge in [0.25, 0.3) is 0 Å². The molecule has 0 atom stereocenters. The van der Waals surface area contributed by atoms with Crippen molar-refractivity contribution in [1.82, 2.24) is 10.6 Å². The Morgan fingerprint density at radius 2 is 1.64 bits per heavy atom. The van der Waals surface area contributed by atoms with Gasteiger partial charge >= 0.3 is 6.03 Å². The van der Waals surface area contributed by atoms with Crippen LogP contribution in [0.5, 0.6) is 0 Å². The Morgan fingerprint density at radius 1 is 1.07 bits per heavy atom. The molecule has 28 heavy (non-hydrogen) atoms. The van der Waals surface area contributed by atoms with Crippen LogP contribution in [0.25, 0.3) is 0 Å². The number of urea groups is 1. The van der Waals surface area contributed by atoms with Gasteiger partial charge in [0.1, 0.15) is 0 Å². The number of para-hydroxylation sites is 1. The second-order valence-corrected chi connectivity index (χ2v) is 7.48. The minimum absolute atomic E-state index is 0.123. The van der Waals surface area contributed by atoms with E-state index in [-0.39, 0.29) is 18.0 Å². The first-order chi connectivity index (χ1) is 13.5. The van der Waals surface area contributed by atoms with E-state index in [2.05, 4.69) is 20.6 Å². The Labute approximate surface area is 166 Å². The number of isocyanates is 1. The minimum atomic E-state index is -0.274. The zero-order valence-electron chi connectivity index (χ0n) is 16.8. The van der Waals surface area contributed by atoms with Crippen molar-refractivity contribution in [2.75, 3.05) is 0 Å². The molecule has 0 spiro atoms. The molecule has 152 valence electrons. The molecule has 7 nitrogen and oxygen atoms in total. The lowest BCUT2D eigenvalue weighted by Gasteiger charge is -2.13. The predicted octanol–water partition coefficient (Wildman–Crippen LogP) is 3.76. The molecule has 0 aromatic heterocycles. The Bertz CT molecular complexity index is 708. The highest BCUT2D eigenvalue weighted by Gasteiger charge is 2.17. The number of carbonyl (C=O) groups is 1. The van der Waals surface area contributed by atoms with Crippen LogP contribution in [0.3, 0.4) is 0 Å². The summed E-state index contributed by atoms with van der Waals surface area (Å²) in [7, 11) is 0. The SMILES string of the molecule is Cc1cccc(C)c1N=C(N)NC(=O)NC1CCCC1.O=C=NC1CCCC1. The highest BCUT2D eigenvalue weighted by atomic mass is 16.2. The van der Waals surface area contributed by atoms with Crippen molar-refractivity contribution in [3.8, 4) is 0 Å². The van der Waals surface area contributed by atoms with E-state index >= 15 is 0 Å². The van der Waals surface area contributed by atoms with Crippen molar-refractivity contribution in [2.24, 2.45) is 15.7 Å². The summed E-state index contributed by atoms with van der Waals surface area (Å²) in [5.74, 6) is 0.123. The Hall–Kier alpha value is -2.66. The van der Waals surface area contributed by atoms with Crippen LogP contribution in [0.2, 0.25) is 0 Å². The van der Waals surface area contributed by atoms with Gasteiger partial charge in [0.2, 0.25) is 12.0 Å². The zero-order chi connectivity index (χ0) is 20.4. The van der Waals surface area contributed by atoms with Crippen molar-refractivity contribution in [3.63, 3.8) is 0 Å². The zero-order valence-corrected chi connectivity index (χ0v) is 16.8. The molecule has 2 saturated carbocycles. The molecule has 7 heteroatoms. The number of aryl methyl sites for hydroxylation is 2. The predicted molar refractivity (Wildman–Crippen MR) is 111 cm³/mol. The normalized spacial score (nSPS) is 17.4. The smallest absolute Gasteiger partial charge is 0.321 e. The van der Waals surface area contributed by atoms with E-state index < -0.39 is 0 Å². The number of benzene rings is 1. The number of nitrogens with one attached hydrogen (secondary N) is 2. The maximum atomic E-state index is 11.8. The van der Waals surface area contributed by atoms with Crippen LogP contribution in [0, 0.1) is 13.8 Å². The van der Waals surface area contributed by atoms with E-state index in [4.69, 9.17) is 5.73 Å². The Kier molecular flexibility index (Phi) is 8.69. The molecule has 0 saturated heterocycles. The topological polar surface area (TPSA) is 109 Å². The number of nitrogens with zero attached hydrogens (tertiary/aromatic N) is 2. The van der Waals surface area contributed by atoms with E-state index in [1.165, 1.54) is 25.7 Å². The molecule has 3 rings (SSSR count). The Morgan fingerprint density at radius 3 is 2.21 bits per heavy atom. The molecule has 2 amide bonds. The number of aliphatic imine (C=N–C) groups is 2. The number of amides is 2. The van der Waals surface area contributed by atoms with Gasteiger partial charge in [-0.25, -0.2) is 19.6 Å². The fraction of sp³-hybridized carbons (Fsp3) is 0.571. The number of nitrogens with two attached hydrogens (primary N) is 1. The summed E-state index contributed by atoms with van der Waals surface area (Å²) < 4.78 is 0. The molecule has 0 heterocycles. The van der Waals surface area contributed by atoms with E-state index in [0.717, 1.165) is 42.5 Å². The highest BCUT2D eigenvalue weighted by Crippen LogP contribution is 2.22. The second-order valence-electron chi connectivity index (χ2n) is 7.48. The maximum absolute atomic E-state index is 11.8. The average molecular weight is 386 g/mol. The van der Waals surface area contributed by atoms with Crippen LogP contribution in [0.15, 0.2) is 28.2 Å². The third-order valence-corrected chi connectivity index (χ3v) is 5.16. The van der Waals surface area contributed by atoms with Gasteiger partial charge in [-0.15, -0.1) is 0 Å². The second kappa shape index (κ2) is 11.2. The number of rotatable bonds is 3. The van der Waals surface area contributed by atoms with Gasteiger partial charge in [0.05, 0.1) is 11.7 Å². The van der Waals surface area contributed by atoms with E-state index in [0.29, 0.717) is 6.04 Å². The van der Waals surface area contributed by atoms with Gasteiger partial charge < -0.3 is 11.1 Å². The molecule has 0 radical (unpaired) electrons. The van der Waals surface area contributed by atoms with Gasteiger partial charge in [0.15, 0.2) is 0 Å². The quantitative estimate of drug-likeness (QED) is 0.419. The van der Waals surface area contributed by atoms with Gasteiger partial charge in [-0.05, 0) is 50.7 Å². The van der Waals surface area contributed by atoms with E-state index in [9.17, 15) is 9.59 Å². The molecule has 2 aliphatic rings. The first-order valence-electron chi connectivity index (χ1n) is 10.0. The van der Waals surface area contributed by atoms with Gasteiger partial charge in [0, 0.05) is 6.04 Å². The van der Waals surface area contributed by atoms with Gasteiger partial charge in [-0.1, -0.05) is 43.9 Å². The lowest BCUT2D eigenvalue weighted by Crippen LogP contribution is -2.46. The summed E-state index contributed by atoms with van der Waals surface area (Å²) in [5, 5.41) is 5.50. The third kappa shape index (κ3) is 7.16. The summed E-state index contributed by atoms with van der Waals surface area (Å²) in [6.07, 6.45) is 10.7. The lowest BCUT2D eigenvalue weighted by molar-refractivity contribution is 0.241. The number of hydrogen-bond acceptors (Lipinski definition) is 4.